The molecule has 0 aromatic heterocycles. The molecule has 2 rings (SSSR count). The molecule has 2 aromatic carbocycles. The van der Waals surface area contributed by atoms with Crippen LogP contribution in [0.1, 0.15) is 16.7 Å². The zero-order valence-corrected chi connectivity index (χ0v) is 13.0. The lowest BCUT2D eigenvalue weighted by atomic mass is 10.1. The predicted octanol–water partition coefficient (Wildman–Crippen LogP) is 4.00. The monoisotopic (exact) mass is 330 g/mol. The number of rotatable bonds is 3. The van der Waals surface area contributed by atoms with Gasteiger partial charge in [-0.3, -0.25) is 0 Å². The Morgan fingerprint density at radius 1 is 0.850 bits per heavy atom. The SMILES string of the molecule is COc1ccc(C#Cc2ccc(CBr)cc2)cc1OC. The Kier molecular flexibility index (Phi) is 5.09. The van der Waals surface area contributed by atoms with Gasteiger partial charge in [0, 0.05) is 16.5 Å². The highest BCUT2D eigenvalue weighted by Gasteiger charge is 2.02. The van der Waals surface area contributed by atoms with E-state index in [4.69, 9.17) is 9.47 Å². The van der Waals surface area contributed by atoms with E-state index < -0.39 is 0 Å². The number of halogens is 1. The van der Waals surface area contributed by atoms with Crippen molar-refractivity contribution in [2.24, 2.45) is 0 Å². The maximum absolute atomic E-state index is 5.26. The Balaban J connectivity index is 2.23. The first-order valence-electron chi connectivity index (χ1n) is 6.15. The summed E-state index contributed by atoms with van der Waals surface area (Å²) in [6, 6.07) is 13.8. The quantitative estimate of drug-likeness (QED) is 0.625. The first-order valence-corrected chi connectivity index (χ1v) is 7.28. The van der Waals surface area contributed by atoms with Crippen molar-refractivity contribution in [3.8, 4) is 23.3 Å². The molecule has 2 nitrogen and oxygen atoms in total. The van der Waals surface area contributed by atoms with Gasteiger partial charge in [0.2, 0.25) is 0 Å². The van der Waals surface area contributed by atoms with Crippen molar-refractivity contribution in [2.75, 3.05) is 14.2 Å². The van der Waals surface area contributed by atoms with Gasteiger partial charge in [0.15, 0.2) is 11.5 Å². The van der Waals surface area contributed by atoms with Crippen molar-refractivity contribution in [3.63, 3.8) is 0 Å². The van der Waals surface area contributed by atoms with E-state index in [0.29, 0.717) is 11.5 Å². The minimum atomic E-state index is 0.689. The number of methoxy groups -OCH3 is 2. The molecular formula is C17H15BrO2. The highest BCUT2D eigenvalue weighted by atomic mass is 79.9. The van der Waals surface area contributed by atoms with E-state index in [0.717, 1.165) is 16.5 Å². The van der Waals surface area contributed by atoms with Gasteiger partial charge in [-0.25, -0.2) is 0 Å². The van der Waals surface area contributed by atoms with Gasteiger partial charge in [0.05, 0.1) is 14.2 Å². The molecule has 0 radical (unpaired) electrons. The molecule has 102 valence electrons. The van der Waals surface area contributed by atoms with Crippen LogP contribution in [0.4, 0.5) is 0 Å². The summed E-state index contributed by atoms with van der Waals surface area (Å²) in [5.41, 5.74) is 3.12. The molecule has 0 bridgehead atoms. The first-order chi connectivity index (χ1) is 9.76. The number of hydrogen-bond donors (Lipinski definition) is 0. The molecule has 0 saturated carbocycles. The zero-order chi connectivity index (χ0) is 14.4. The van der Waals surface area contributed by atoms with Crippen LogP contribution >= 0.6 is 15.9 Å². The van der Waals surface area contributed by atoms with E-state index >= 15 is 0 Å². The molecule has 0 saturated heterocycles. The van der Waals surface area contributed by atoms with Gasteiger partial charge in [0.25, 0.3) is 0 Å². The maximum atomic E-state index is 5.26. The van der Waals surface area contributed by atoms with Crippen molar-refractivity contribution in [1.29, 1.82) is 0 Å². The van der Waals surface area contributed by atoms with Crippen molar-refractivity contribution in [1.82, 2.24) is 0 Å². The van der Waals surface area contributed by atoms with Crippen LogP contribution in [0.25, 0.3) is 0 Å². The van der Waals surface area contributed by atoms with Crippen molar-refractivity contribution in [2.45, 2.75) is 5.33 Å². The van der Waals surface area contributed by atoms with E-state index in [1.165, 1.54) is 5.56 Å². The molecule has 0 N–H and O–H groups in total. The lowest BCUT2D eigenvalue weighted by Crippen LogP contribution is -1.90. The largest absolute Gasteiger partial charge is 0.493 e. The fourth-order valence-electron chi connectivity index (χ4n) is 1.74. The molecule has 0 unspecified atom stereocenters. The molecule has 0 aliphatic rings. The minimum Gasteiger partial charge on any atom is -0.493 e. The molecule has 0 heterocycles. The van der Waals surface area contributed by atoms with Crippen LogP contribution in [0.2, 0.25) is 0 Å². The topological polar surface area (TPSA) is 18.5 Å². The normalized spacial score (nSPS) is 9.55. The number of benzene rings is 2. The highest BCUT2D eigenvalue weighted by molar-refractivity contribution is 9.08. The van der Waals surface area contributed by atoms with E-state index in [1.807, 2.05) is 30.3 Å². The zero-order valence-electron chi connectivity index (χ0n) is 11.4. The third-order valence-corrected chi connectivity index (χ3v) is 3.49. The Bertz CT molecular complexity index is 636. The van der Waals surface area contributed by atoms with Crippen LogP contribution < -0.4 is 9.47 Å². The van der Waals surface area contributed by atoms with Crippen LogP contribution in [0.15, 0.2) is 42.5 Å². The van der Waals surface area contributed by atoms with Gasteiger partial charge in [-0.05, 0) is 35.9 Å². The van der Waals surface area contributed by atoms with Gasteiger partial charge in [0.1, 0.15) is 0 Å². The van der Waals surface area contributed by atoms with Crippen LogP contribution in [-0.2, 0) is 5.33 Å². The average Bonchev–Trinajstić information content (AvgIpc) is 2.53. The molecule has 3 heteroatoms. The molecule has 20 heavy (non-hydrogen) atoms. The van der Waals surface area contributed by atoms with Crippen LogP contribution in [0, 0.1) is 11.8 Å². The Labute approximate surface area is 127 Å². The molecule has 0 fully saturated rings. The summed E-state index contributed by atoms with van der Waals surface area (Å²) in [7, 11) is 3.24. The summed E-state index contributed by atoms with van der Waals surface area (Å²) in [5.74, 6) is 7.66. The molecule has 0 spiro atoms. The first kappa shape index (κ1) is 14.5. The van der Waals surface area contributed by atoms with Gasteiger partial charge in [-0.15, -0.1) is 0 Å². The number of ether oxygens (including phenoxy) is 2. The van der Waals surface area contributed by atoms with E-state index in [-0.39, 0.29) is 0 Å². The second-order valence-electron chi connectivity index (χ2n) is 4.15. The van der Waals surface area contributed by atoms with Gasteiger partial charge >= 0.3 is 0 Å². The van der Waals surface area contributed by atoms with Gasteiger partial charge in [-0.1, -0.05) is 39.9 Å². The Hall–Kier alpha value is -1.92. The van der Waals surface area contributed by atoms with E-state index in [9.17, 15) is 0 Å². The fraction of sp³-hybridized carbons (Fsp3) is 0.176. The summed E-state index contributed by atoms with van der Waals surface area (Å²) in [6.45, 7) is 0. The van der Waals surface area contributed by atoms with Crippen molar-refractivity contribution < 1.29 is 9.47 Å². The minimum absolute atomic E-state index is 0.689. The lowest BCUT2D eigenvalue weighted by molar-refractivity contribution is 0.355. The summed E-state index contributed by atoms with van der Waals surface area (Å²) in [6.07, 6.45) is 0. The highest BCUT2D eigenvalue weighted by Crippen LogP contribution is 2.27. The smallest absolute Gasteiger partial charge is 0.161 e. The third-order valence-electron chi connectivity index (χ3n) is 2.84. The van der Waals surface area contributed by atoms with Gasteiger partial charge in [-0.2, -0.15) is 0 Å². The molecule has 0 amide bonds. The predicted molar refractivity (Wildman–Crippen MR) is 84.6 cm³/mol. The van der Waals surface area contributed by atoms with Crippen molar-refractivity contribution in [3.05, 3.63) is 59.2 Å². The fourth-order valence-corrected chi connectivity index (χ4v) is 2.11. The third kappa shape index (κ3) is 3.55. The second kappa shape index (κ2) is 7.02. The Morgan fingerprint density at radius 3 is 2.05 bits per heavy atom. The average molecular weight is 331 g/mol. The molecule has 2 aromatic rings. The maximum Gasteiger partial charge on any atom is 0.161 e. The van der Waals surface area contributed by atoms with E-state index in [1.54, 1.807) is 14.2 Å². The lowest BCUT2D eigenvalue weighted by Gasteiger charge is -2.06. The molecular weight excluding hydrogens is 316 g/mol. The standard InChI is InChI=1S/C17H15BrO2/c1-19-16-10-9-14(11-17(16)20-2)6-3-13-4-7-15(12-18)8-5-13/h4-5,7-11H,12H2,1-2H3. The molecule has 0 aliphatic heterocycles. The number of alkyl halides is 1. The summed E-state index contributed by atoms with van der Waals surface area (Å²) in [4.78, 5) is 0. The summed E-state index contributed by atoms with van der Waals surface area (Å²) < 4.78 is 10.5. The second-order valence-corrected chi connectivity index (χ2v) is 4.71. The van der Waals surface area contributed by atoms with Gasteiger partial charge < -0.3 is 9.47 Å². The summed E-state index contributed by atoms with van der Waals surface area (Å²) >= 11 is 3.43. The summed E-state index contributed by atoms with van der Waals surface area (Å²) in [5, 5.41) is 0.858. The Morgan fingerprint density at radius 2 is 1.45 bits per heavy atom. The van der Waals surface area contributed by atoms with E-state index in [2.05, 4.69) is 39.9 Å². The van der Waals surface area contributed by atoms with Crippen LogP contribution in [0.5, 0.6) is 11.5 Å². The molecule has 0 atom stereocenters. The van der Waals surface area contributed by atoms with Crippen LogP contribution in [0.3, 0.4) is 0 Å². The van der Waals surface area contributed by atoms with Crippen LogP contribution in [-0.4, -0.2) is 14.2 Å². The number of hydrogen-bond acceptors (Lipinski definition) is 2. The molecule has 0 aliphatic carbocycles. The van der Waals surface area contributed by atoms with Crippen molar-refractivity contribution >= 4 is 15.9 Å².